The van der Waals surface area contributed by atoms with Crippen molar-refractivity contribution in [1.82, 2.24) is 4.90 Å². The van der Waals surface area contributed by atoms with E-state index in [4.69, 9.17) is 5.11 Å². The van der Waals surface area contributed by atoms with Crippen LogP contribution in [-0.4, -0.2) is 46.1 Å². The highest BCUT2D eigenvalue weighted by molar-refractivity contribution is 8.01. The summed E-state index contributed by atoms with van der Waals surface area (Å²) in [6, 6.07) is 0. The Balaban J connectivity index is 4.09. The maximum atomic E-state index is 11.8. The van der Waals surface area contributed by atoms with E-state index in [0.717, 1.165) is 13.1 Å². The van der Waals surface area contributed by atoms with E-state index < -0.39 is 0 Å². The summed E-state index contributed by atoms with van der Waals surface area (Å²) >= 11 is 1.53. The van der Waals surface area contributed by atoms with Crippen LogP contribution in [-0.2, 0) is 4.79 Å². The Bertz CT molecular complexity index is 172. The Morgan fingerprint density at radius 1 is 1.36 bits per heavy atom. The van der Waals surface area contributed by atoms with Gasteiger partial charge >= 0.3 is 0 Å². The van der Waals surface area contributed by atoms with Crippen molar-refractivity contribution >= 4 is 17.7 Å². The molecule has 2 atom stereocenters. The van der Waals surface area contributed by atoms with E-state index in [-0.39, 0.29) is 23.0 Å². The molecule has 0 radical (unpaired) electrons. The monoisotopic (exact) mass is 219 g/mol. The molecule has 0 saturated carbocycles. The van der Waals surface area contributed by atoms with Crippen molar-refractivity contribution in [2.75, 3.05) is 19.7 Å². The van der Waals surface area contributed by atoms with E-state index >= 15 is 0 Å². The summed E-state index contributed by atoms with van der Waals surface area (Å²) in [5.74, 6) is 0.167. The summed E-state index contributed by atoms with van der Waals surface area (Å²) in [4.78, 5) is 13.6. The number of carbonyl (C=O) groups excluding carboxylic acids is 1. The molecule has 1 amide bonds. The average Bonchev–Trinajstić information content (AvgIpc) is 2.19. The van der Waals surface area contributed by atoms with Gasteiger partial charge in [-0.25, -0.2) is 0 Å². The van der Waals surface area contributed by atoms with Crippen LogP contribution in [0.2, 0.25) is 0 Å². The summed E-state index contributed by atoms with van der Waals surface area (Å²) in [5.41, 5.74) is 0. The fraction of sp³-hybridized carbons (Fsp3) is 0.900. The number of aliphatic hydroxyl groups is 1. The molecule has 0 aromatic carbocycles. The Hall–Kier alpha value is -0.220. The number of hydrogen-bond donors (Lipinski definition) is 1. The van der Waals surface area contributed by atoms with E-state index in [9.17, 15) is 4.79 Å². The molecule has 0 aromatic heterocycles. The summed E-state index contributed by atoms with van der Waals surface area (Å²) < 4.78 is 0. The van der Waals surface area contributed by atoms with E-state index in [2.05, 4.69) is 0 Å². The second-order valence-corrected chi connectivity index (χ2v) is 5.07. The third-order valence-electron chi connectivity index (χ3n) is 2.12. The third kappa shape index (κ3) is 4.33. The molecule has 0 aliphatic heterocycles. The molecule has 4 heteroatoms. The molecule has 1 N–H and O–H groups in total. The smallest absolute Gasteiger partial charge is 0.235 e. The maximum absolute atomic E-state index is 11.8. The highest BCUT2D eigenvalue weighted by Crippen LogP contribution is 2.18. The Labute approximate surface area is 90.9 Å². The molecule has 14 heavy (non-hydrogen) atoms. The van der Waals surface area contributed by atoms with Gasteiger partial charge in [0, 0.05) is 18.3 Å². The fourth-order valence-electron chi connectivity index (χ4n) is 1.24. The average molecular weight is 219 g/mol. The van der Waals surface area contributed by atoms with E-state index in [1.54, 1.807) is 0 Å². The molecule has 0 aliphatic carbocycles. The lowest BCUT2D eigenvalue weighted by Crippen LogP contribution is -2.37. The molecule has 0 fully saturated rings. The number of hydrogen-bond acceptors (Lipinski definition) is 3. The van der Waals surface area contributed by atoms with E-state index in [1.807, 2.05) is 32.6 Å². The molecule has 0 aromatic rings. The molecule has 3 nitrogen and oxygen atoms in total. The molecule has 0 bridgehead atoms. The molecule has 0 heterocycles. The van der Waals surface area contributed by atoms with Gasteiger partial charge in [-0.15, -0.1) is 11.8 Å². The van der Waals surface area contributed by atoms with Crippen LogP contribution in [0.25, 0.3) is 0 Å². The van der Waals surface area contributed by atoms with Crippen LogP contribution in [0.5, 0.6) is 0 Å². The van der Waals surface area contributed by atoms with Crippen molar-refractivity contribution in [3.63, 3.8) is 0 Å². The molecule has 84 valence electrons. The van der Waals surface area contributed by atoms with E-state index in [1.165, 1.54) is 11.8 Å². The van der Waals surface area contributed by atoms with Crippen molar-refractivity contribution in [3.05, 3.63) is 0 Å². The van der Waals surface area contributed by atoms with Crippen LogP contribution in [0.1, 0.15) is 27.7 Å². The quantitative estimate of drug-likeness (QED) is 0.733. The number of amides is 1. The first-order valence-electron chi connectivity index (χ1n) is 5.11. The molecule has 0 aliphatic rings. The number of aliphatic hydroxyl groups excluding tert-OH is 1. The summed E-state index contributed by atoms with van der Waals surface area (Å²) in [5, 5.41) is 8.94. The standard InChI is InChI=1S/C10H21NO2S/c1-5-11(6-2)10(13)9(4)14-8(3)7-12/h8-9,12H,5-7H2,1-4H3. The van der Waals surface area contributed by atoms with Crippen LogP contribution in [0.15, 0.2) is 0 Å². The first-order valence-corrected chi connectivity index (χ1v) is 6.06. The number of thioether (sulfide) groups is 1. The number of rotatable bonds is 6. The van der Waals surface area contributed by atoms with Crippen LogP contribution in [0.4, 0.5) is 0 Å². The van der Waals surface area contributed by atoms with Gasteiger partial charge in [0.25, 0.3) is 0 Å². The Morgan fingerprint density at radius 2 is 1.86 bits per heavy atom. The van der Waals surface area contributed by atoms with Crippen molar-refractivity contribution in [3.8, 4) is 0 Å². The van der Waals surface area contributed by atoms with Gasteiger partial charge in [-0.2, -0.15) is 0 Å². The predicted molar refractivity (Wildman–Crippen MR) is 61.5 cm³/mol. The van der Waals surface area contributed by atoms with Crippen LogP contribution < -0.4 is 0 Å². The van der Waals surface area contributed by atoms with Gasteiger partial charge in [-0.05, 0) is 20.8 Å². The minimum atomic E-state index is -0.0583. The lowest BCUT2D eigenvalue weighted by Gasteiger charge is -2.23. The molecular weight excluding hydrogens is 198 g/mol. The van der Waals surface area contributed by atoms with Crippen molar-refractivity contribution in [1.29, 1.82) is 0 Å². The van der Waals surface area contributed by atoms with Crippen LogP contribution >= 0.6 is 11.8 Å². The number of carbonyl (C=O) groups is 1. The largest absolute Gasteiger partial charge is 0.395 e. The van der Waals surface area contributed by atoms with E-state index in [0.29, 0.717) is 0 Å². The second kappa shape index (κ2) is 7.12. The minimum absolute atomic E-state index is 0.0583. The number of nitrogens with zero attached hydrogens (tertiary/aromatic N) is 1. The lowest BCUT2D eigenvalue weighted by molar-refractivity contribution is -0.129. The highest BCUT2D eigenvalue weighted by Gasteiger charge is 2.20. The SMILES string of the molecule is CCN(CC)C(=O)C(C)SC(C)CO. The summed E-state index contributed by atoms with van der Waals surface area (Å²) in [6.45, 7) is 9.43. The normalized spacial score (nSPS) is 14.9. The first-order chi connectivity index (χ1) is 6.56. The zero-order valence-corrected chi connectivity index (χ0v) is 10.3. The lowest BCUT2D eigenvalue weighted by atomic mass is 10.4. The topological polar surface area (TPSA) is 40.5 Å². The molecule has 0 saturated heterocycles. The predicted octanol–water partition coefficient (Wildman–Crippen LogP) is 1.36. The Morgan fingerprint density at radius 3 is 2.21 bits per heavy atom. The van der Waals surface area contributed by atoms with Crippen molar-refractivity contribution in [2.24, 2.45) is 0 Å². The zero-order valence-electron chi connectivity index (χ0n) is 9.49. The minimum Gasteiger partial charge on any atom is -0.395 e. The van der Waals surface area contributed by atoms with Gasteiger partial charge in [-0.3, -0.25) is 4.79 Å². The van der Waals surface area contributed by atoms with Gasteiger partial charge < -0.3 is 10.0 Å². The first kappa shape index (κ1) is 13.8. The van der Waals surface area contributed by atoms with Gasteiger partial charge in [0.15, 0.2) is 0 Å². The van der Waals surface area contributed by atoms with Crippen molar-refractivity contribution in [2.45, 2.75) is 38.2 Å². The fourth-order valence-corrected chi connectivity index (χ4v) is 2.29. The Kier molecular flexibility index (Phi) is 7.01. The van der Waals surface area contributed by atoms with Gasteiger partial charge in [-0.1, -0.05) is 6.92 Å². The van der Waals surface area contributed by atoms with Gasteiger partial charge in [0.05, 0.1) is 11.9 Å². The molecule has 2 unspecified atom stereocenters. The summed E-state index contributed by atoms with van der Waals surface area (Å²) in [7, 11) is 0. The molecule has 0 rings (SSSR count). The van der Waals surface area contributed by atoms with Crippen LogP contribution in [0, 0.1) is 0 Å². The maximum Gasteiger partial charge on any atom is 0.235 e. The molecular formula is C10H21NO2S. The van der Waals surface area contributed by atoms with Gasteiger partial charge in [0.1, 0.15) is 0 Å². The van der Waals surface area contributed by atoms with Gasteiger partial charge in [0.2, 0.25) is 5.91 Å². The van der Waals surface area contributed by atoms with Crippen LogP contribution in [0.3, 0.4) is 0 Å². The highest BCUT2D eigenvalue weighted by atomic mass is 32.2. The third-order valence-corrected chi connectivity index (χ3v) is 3.34. The zero-order chi connectivity index (χ0) is 11.1. The second-order valence-electron chi connectivity index (χ2n) is 3.28. The summed E-state index contributed by atoms with van der Waals surface area (Å²) in [6.07, 6.45) is 0. The molecule has 0 spiro atoms. The van der Waals surface area contributed by atoms with Crippen molar-refractivity contribution < 1.29 is 9.90 Å².